The van der Waals surface area contributed by atoms with Crippen molar-refractivity contribution < 1.29 is 9.84 Å². The summed E-state index contributed by atoms with van der Waals surface area (Å²) in [5.41, 5.74) is 1.30. The predicted molar refractivity (Wildman–Crippen MR) is 78.1 cm³/mol. The van der Waals surface area contributed by atoms with Gasteiger partial charge in [0.1, 0.15) is 0 Å². The summed E-state index contributed by atoms with van der Waals surface area (Å²) in [5, 5.41) is 10.1. The van der Waals surface area contributed by atoms with E-state index >= 15 is 0 Å². The number of likely N-dealkylation sites (tertiary alicyclic amines) is 1. The van der Waals surface area contributed by atoms with Crippen LogP contribution in [0.1, 0.15) is 30.7 Å². The number of piperidine rings is 1. The van der Waals surface area contributed by atoms with Crippen molar-refractivity contribution in [2.75, 3.05) is 26.8 Å². The molecule has 112 valence electrons. The molecule has 1 saturated heterocycles. The second-order valence-electron chi connectivity index (χ2n) is 5.43. The van der Waals surface area contributed by atoms with Crippen LogP contribution in [0.2, 0.25) is 0 Å². The van der Waals surface area contributed by atoms with Crippen LogP contribution in [0, 0.1) is 6.92 Å². The average Bonchev–Trinajstić information content (AvgIpc) is 2.45. The van der Waals surface area contributed by atoms with Crippen LogP contribution in [0.25, 0.3) is 0 Å². The number of nitrogens with zero attached hydrogens (tertiary/aromatic N) is 2. The van der Waals surface area contributed by atoms with Crippen LogP contribution in [-0.2, 0) is 17.8 Å². The number of aromatic hydroxyl groups is 1. The smallest absolute Gasteiger partial charge is 0.223 e. The van der Waals surface area contributed by atoms with E-state index in [-0.39, 0.29) is 11.2 Å². The maximum atomic E-state index is 11.8. The van der Waals surface area contributed by atoms with Crippen molar-refractivity contribution in [2.24, 2.45) is 0 Å². The fraction of sp³-hybridized carbons (Fsp3) is 0.667. The van der Waals surface area contributed by atoms with E-state index < -0.39 is 0 Å². The lowest BCUT2D eigenvalue weighted by molar-refractivity contribution is 0.178. The van der Waals surface area contributed by atoms with E-state index in [1.54, 1.807) is 7.11 Å². The van der Waals surface area contributed by atoms with Crippen LogP contribution in [-0.4, -0.2) is 41.4 Å². The maximum absolute atomic E-state index is 11.8. The fourth-order valence-electron chi connectivity index (χ4n) is 2.80. The molecule has 0 amide bonds. The molecule has 5 heteroatoms. The van der Waals surface area contributed by atoms with Gasteiger partial charge in [-0.1, -0.05) is 6.42 Å². The second-order valence-corrected chi connectivity index (χ2v) is 5.43. The van der Waals surface area contributed by atoms with E-state index in [0.29, 0.717) is 25.4 Å². The van der Waals surface area contributed by atoms with E-state index in [0.717, 1.165) is 18.8 Å². The summed E-state index contributed by atoms with van der Waals surface area (Å²) in [7, 11) is 1.65. The molecule has 0 spiro atoms. The second kappa shape index (κ2) is 6.90. The number of aryl methyl sites for hydroxylation is 1. The Kier molecular flexibility index (Phi) is 5.20. The van der Waals surface area contributed by atoms with Gasteiger partial charge in [-0.3, -0.25) is 9.69 Å². The molecule has 1 aromatic rings. The van der Waals surface area contributed by atoms with Crippen molar-refractivity contribution in [3.05, 3.63) is 27.7 Å². The topological polar surface area (TPSA) is 54.7 Å². The van der Waals surface area contributed by atoms with Crippen molar-refractivity contribution in [3.63, 3.8) is 0 Å². The molecular formula is C15H24N2O3. The molecular weight excluding hydrogens is 256 g/mol. The summed E-state index contributed by atoms with van der Waals surface area (Å²) in [6.07, 6.45) is 3.65. The lowest BCUT2D eigenvalue weighted by Gasteiger charge is -2.28. The first-order chi connectivity index (χ1) is 9.63. The number of methoxy groups -OCH3 is 1. The largest absolute Gasteiger partial charge is 0.503 e. The summed E-state index contributed by atoms with van der Waals surface area (Å²) in [6.45, 7) is 5.82. The first-order valence-corrected chi connectivity index (χ1v) is 7.27. The Balaban J connectivity index is 2.29. The van der Waals surface area contributed by atoms with Gasteiger partial charge in [0.25, 0.3) is 0 Å². The van der Waals surface area contributed by atoms with Gasteiger partial charge in [-0.25, -0.2) is 0 Å². The maximum Gasteiger partial charge on any atom is 0.223 e. The SMILES string of the molecule is COCCn1c(C)cc(=O)c(O)c1CN1CCCCC1. The number of pyridine rings is 1. The Morgan fingerprint density at radius 3 is 2.65 bits per heavy atom. The summed E-state index contributed by atoms with van der Waals surface area (Å²) in [5.74, 6) is -0.114. The molecule has 2 heterocycles. The molecule has 0 atom stereocenters. The third-order valence-corrected chi connectivity index (χ3v) is 3.94. The van der Waals surface area contributed by atoms with Crippen LogP contribution in [0.4, 0.5) is 0 Å². The van der Waals surface area contributed by atoms with Crippen LogP contribution in [0.15, 0.2) is 10.9 Å². The molecule has 0 saturated carbocycles. The Bertz CT molecular complexity index is 505. The third-order valence-electron chi connectivity index (χ3n) is 3.94. The van der Waals surface area contributed by atoms with Crippen LogP contribution >= 0.6 is 0 Å². The molecule has 0 aromatic carbocycles. The van der Waals surface area contributed by atoms with Crippen molar-refractivity contribution in [2.45, 2.75) is 39.3 Å². The van der Waals surface area contributed by atoms with Gasteiger partial charge in [0, 0.05) is 32.0 Å². The van der Waals surface area contributed by atoms with E-state index in [1.807, 2.05) is 11.5 Å². The molecule has 5 nitrogen and oxygen atoms in total. The van der Waals surface area contributed by atoms with Gasteiger partial charge < -0.3 is 14.4 Å². The third kappa shape index (κ3) is 3.41. The molecule has 1 aromatic heterocycles. The molecule has 2 rings (SSSR count). The summed E-state index contributed by atoms with van der Waals surface area (Å²) < 4.78 is 7.12. The molecule has 1 aliphatic heterocycles. The molecule has 0 radical (unpaired) electrons. The monoisotopic (exact) mass is 280 g/mol. The molecule has 1 aliphatic rings. The van der Waals surface area contributed by atoms with E-state index in [1.165, 1.54) is 25.3 Å². The minimum Gasteiger partial charge on any atom is -0.503 e. The first kappa shape index (κ1) is 15.1. The average molecular weight is 280 g/mol. The van der Waals surface area contributed by atoms with Crippen LogP contribution in [0.5, 0.6) is 5.75 Å². The zero-order valence-corrected chi connectivity index (χ0v) is 12.4. The lowest BCUT2D eigenvalue weighted by Crippen LogP contribution is -2.32. The number of hydrogen-bond acceptors (Lipinski definition) is 4. The number of hydrogen-bond donors (Lipinski definition) is 1. The zero-order chi connectivity index (χ0) is 14.5. The molecule has 1 N–H and O–H groups in total. The van der Waals surface area contributed by atoms with Crippen molar-refractivity contribution >= 4 is 0 Å². The summed E-state index contributed by atoms with van der Waals surface area (Å²) >= 11 is 0. The highest BCUT2D eigenvalue weighted by atomic mass is 16.5. The first-order valence-electron chi connectivity index (χ1n) is 7.27. The van der Waals surface area contributed by atoms with E-state index in [4.69, 9.17) is 4.74 Å². The normalized spacial score (nSPS) is 16.5. The van der Waals surface area contributed by atoms with Gasteiger partial charge in [-0.2, -0.15) is 0 Å². The number of rotatable bonds is 5. The molecule has 0 bridgehead atoms. The van der Waals surface area contributed by atoms with E-state index in [9.17, 15) is 9.90 Å². The van der Waals surface area contributed by atoms with Crippen molar-refractivity contribution in [1.82, 2.24) is 9.47 Å². The highest BCUT2D eigenvalue weighted by Gasteiger charge is 2.18. The Morgan fingerprint density at radius 2 is 2.00 bits per heavy atom. The Morgan fingerprint density at radius 1 is 1.30 bits per heavy atom. The number of ether oxygens (including phenoxy) is 1. The molecule has 0 unspecified atom stereocenters. The fourth-order valence-corrected chi connectivity index (χ4v) is 2.80. The standard InChI is InChI=1S/C15H24N2O3/c1-12-10-14(18)15(19)13(17(12)8-9-20-2)11-16-6-4-3-5-7-16/h10,19H,3-9,11H2,1-2H3. The summed E-state index contributed by atoms with van der Waals surface area (Å²) in [4.78, 5) is 14.1. The minimum absolute atomic E-state index is 0.114. The Hall–Kier alpha value is -1.33. The quantitative estimate of drug-likeness (QED) is 0.888. The van der Waals surface area contributed by atoms with Gasteiger partial charge in [0.2, 0.25) is 5.43 Å². The van der Waals surface area contributed by atoms with Gasteiger partial charge >= 0.3 is 0 Å². The highest BCUT2D eigenvalue weighted by molar-refractivity contribution is 5.29. The lowest BCUT2D eigenvalue weighted by atomic mass is 10.1. The van der Waals surface area contributed by atoms with Crippen LogP contribution in [0.3, 0.4) is 0 Å². The van der Waals surface area contributed by atoms with E-state index in [2.05, 4.69) is 4.90 Å². The molecule has 1 fully saturated rings. The van der Waals surface area contributed by atoms with Gasteiger partial charge in [-0.15, -0.1) is 0 Å². The molecule has 0 aliphatic carbocycles. The Labute approximate surface area is 119 Å². The minimum atomic E-state index is -0.289. The van der Waals surface area contributed by atoms with Crippen LogP contribution < -0.4 is 5.43 Å². The van der Waals surface area contributed by atoms with Gasteiger partial charge in [-0.05, 0) is 32.9 Å². The predicted octanol–water partition coefficient (Wildman–Crippen LogP) is 1.49. The van der Waals surface area contributed by atoms with Crippen molar-refractivity contribution in [3.8, 4) is 5.75 Å². The van der Waals surface area contributed by atoms with Gasteiger partial charge in [0.15, 0.2) is 5.75 Å². The number of aromatic nitrogens is 1. The summed E-state index contributed by atoms with van der Waals surface area (Å²) in [6, 6.07) is 1.49. The highest BCUT2D eigenvalue weighted by Crippen LogP contribution is 2.19. The van der Waals surface area contributed by atoms with Crippen molar-refractivity contribution in [1.29, 1.82) is 0 Å². The molecule has 20 heavy (non-hydrogen) atoms. The van der Waals surface area contributed by atoms with Gasteiger partial charge in [0.05, 0.1) is 12.3 Å². The zero-order valence-electron chi connectivity index (χ0n) is 12.4.